The first kappa shape index (κ1) is 15.9. The van der Waals surface area contributed by atoms with Crippen LogP contribution in [0.1, 0.15) is 15.9 Å². The van der Waals surface area contributed by atoms with E-state index in [0.717, 1.165) is 5.56 Å². The Bertz CT molecular complexity index is 672. The van der Waals surface area contributed by atoms with E-state index in [2.05, 4.69) is 10.5 Å². The zero-order valence-electron chi connectivity index (χ0n) is 11.1. The van der Waals surface area contributed by atoms with Crippen LogP contribution in [0.3, 0.4) is 0 Å². The van der Waals surface area contributed by atoms with E-state index < -0.39 is 0 Å². The van der Waals surface area contributed by atoms with Crippen LogP contribution in [-0.4, -0.2) is 18.4 Å². The summed E-state index contributed by atoms with van der Waals surface area (Å²) in [6.07, 6.45) is 3.59. The van der Waals surface area contributed by atoms with Gasteiger partial charge in [-0.3, -0.25) is 4.79 Å². The number of nitrogens with one attached hydrogen (secondary N) is 1. The molecule has 0 atom stereocenters. The molecule has 0 spiro atoms. The average molecular weight is 339 g/mol. The fourth-order valence-corrected chi connectivity index (χ4v) is 2.49. The van der Waals surface area contributed by atoms with Gasteiger partial charge in [-0.2, -0.15) is 5.10 Å². The summed E-state index contributed by atoms with van der Waals surface area (Å²) in [4.78, 5) is 13.1. The summed E-state index contributed by atoms with van der Waals surface area (Å²) in [6, 6.07) is 12.5. The Balaban J connectivity index is 2.01. The van der Waals surface area contributed by atoms with Gasteiger partial charge in [-0.15, -0.1) is 11.8 Å². The summed E-state index contributed by atoms with van der Waals surface area (Å²) >= 11 is 13.4. The number of rotatable bonds is 4. The molecule has 0 radical (unpaired) electrons. The molecular weight excluding hydrogens is 327 g/mol. The third-order valence-electron chi connectivity index (χ3n) is 2.67. The predicted molar refractivity (Wildman–Crippen MR) is 89.7 cm³/mol. The third kappa shape index (κ3) is 4.49. The molecule has 0 aromatic heterocycles. The Morgan fingerprint density at radius 2 is 1.90 bits per heavy atom. The van der Waals surface area contributed by atoms with E-state index in [1.807, 2.05) is 30.5 Å². The lowest BCUT2D eigenvalue weighted by atomic mass is 10.2. The highest BCUT2D eigenvalue weighted by molar-refractivity contribution is 7.98. The summed E-state index contributed by atoms with van der Waals surface area (Å²) in [5.41, 5.74) is 3.66. The number of nitrogens with zero attached hydrogens (tertiary/aromatic N) is 1. The minimum atomic E-state index is -0.381. The molecule has 2 aromatic carbocycles. The highest BCUT2D eigenvalue weighted by Crippen LogP contribution is 2.20. The van der Waals surface area contributed by atoms with Gasteiger partial charge in [0.2, 0.25) is 0 Å². The maximum absolute atomic E-state index is 11.9. The molecule has 1 amide bonds. The van der Waals surface area contributed by atoms with Gasteiger partial charge in [-0.25, -0.2) is 5.43 Å². The molecule has 6 heteroatoms. The Labute approximate surface area is 137 Å². The lowest BCUT2D eigenvalue weighted by Crippen LogP contribution is -2.18. The van der Waals surface area contributed by atoms with E-state index in [4.69, 9.17) is 23.2 Å². The van der Waals surface area contributed by atoms with Gasteiger partial charge < -0.3 is 0 Å². The highest BCUT2D eigenvalue weighted by Gasteiger charge is 2.09. The van der Waals surface area contributed by atoms with Crippen LogP contribution in [0.2, 0.25) is 10.0 Å². The second-order valence-corrected chi connectivity index (χ2v) is 5.82. The molecule has 3 nitrogen and oxygen atoms in total. The lowest BCUT2D eigenvalue weighted by molar-refractivity contribution is 0.0955. The number of carbonyl (C=O) groups is 1. The number of carbonyl (C=O) groups excluding carboxylic acids is 1. The zero-order chi connectivity index (χ0) is 15.2. The molecule has 0 bridgehead atoms. The average Bonchev–Trinajstić information content (AvgIpc) is 2.47. The van der Waals surface area contributed by atoms with Crippen LogP contribution >= 0.6 is 35.0 Å². The quantitative estimate of drug-likeness (QED) is 0.507. The van der Waals surface area contributed by atoms with Crippen LogP contribution in [0.15, 0.2) is 52.5 Å². The van der Waals surface area contributed by atoms with Crippen LogP contribution in [0, 0.1) is 0 Å². The maximum atomic E-state index is 11.9. The first-order chi connectivity index (χ1) is 10.1. The van der Waals surface area contributed by atoms with E-state index in [0.29, 0.717) is 15.6 Å². The van der Waals surface area contributed by atoms with Crippen LogP contribution in [0.25, 0.3) is 0 Å². The van der Waals surface area contributed by atoms with Gasteiger partial charge in [0.05, 0.1) is 16.8 Å². The van der Waals surface area contributed by atoms with Crippen LogP contribution in [-0.2, 0) is 0 Å². The van der Waals surface area contributed by atoms with Gasteiger partial charge in [0.15, 0.2) is 0 Å². The number of hydrazone groups is 1. The van der Waals surface area contributed by atoms with Crippen LogP contribution in [0.5, 0.6) is 0 Å². The fourth-order valence-electron chi connectivity index (χ4n) is 1.59. The number of amides is 1. The van der Waals surface area contributed by atoms with Crippen molar-refractivity contribution in [3.8, 4) is 0 Å². The number of benzene rings is 2. The minimum absolute atomic E-state index is 0.291. The molecular formula is C15H12Cl2N2OS. The first-order valence-electron chi connectivity index (χ1n) is 6.02. The highest BCUT2D eigenvalue weighted by atomic mass is 35.5. The van der Waals surface area contributed by atoms with Crippen molar-refractivity contribution in [1.29, 1.82) is 0 Å². The molecule has 0 aliphatic carbocycles. The monoisotopic (exact) mass is 338 g/mol. The van der Waals surface area contributed by atoms with Crippen molar-refractivity contribution in [2.75, 3.05) is 6.26 Å². The maximum Gasteiger partial charge on any atom is 0.272 e. The van der Waals surface area contributed by atoms with E-state index in [1.54, 1.807) is 30.1 Å². The molecule has 0 heterocycles. The first-order valence-corrected chi connectivity index (χ1v) is 8.01. The minimum Gasteiger partial charge on any atom is -0.267 e. The topological polar surface area (TPSA) is 41.5 Å². The number of hydrogen-bond acceptors (Lipinski definition) is 3. The van der Waals surface area contributed by atoms with Gasteiger partial charge in [-0.1, -0.05) is 35.3 Å². The Kier molecular flexibility index (Phi) is 5.67. The Hall–Kier alpha value is -1.49. The normalized spacial score (nSPS) is 10.8. The zero-order valence-corrected chi connectivity index (χ0v) is 13.5. The lowest BCUT2D eigenvalue weighted by Gasteiger charge is -2.03. The largest absolute Gasteiger partial charge is 0.272 e. The molecule has 21 heavy (non-hydrogen) atoms. The van der Waals surface area contributed by atoms with Gasteiger partial charge in [0.1, 0.15) is 0 Å². The number of hydrogen-bond donors (Lipinski definition) is 1. The summed E-state index contributed by atoms with van der Waals surface area (Å²) in [6.45, 7) is 0. The molecule has 1 N–H and O–H groups in total. The Morgan fingerprint density at radius 3 is 2.52 bits per heavy atom. The van der Waals surface area contributed by atoms with Crippen molar-refractivity contribution < 1.29 is 4.79 Å². The van der Waals surface area contributed by atoms with Gasteiger partial charge in [-0.05, 0) is 42.2 Å². The van der Waals surface area contributed by atoms with Crippen molar-refractivity contribution >= 4 is 47.1 Å². The molecule has 2 aromatic rings. The molecule has 108 valence electrons. The molecule has 0 fully saturated rings. The van der Waals surface area contributed by atoms with Crippen LogP contribution in [0.4, 0.5) is 0 Å². The van der Waals surface area contributed by atoms with Crippen molar-refractivity contribution in [2.24, 2.45) is 5.10 Å². The molecule has 2 rings (SSSR count). The second-order valence-electron chi connectivity index (χ2n) is 4.10. The second kappa shape index (κ2) is 7.50. The number of thioether (sulfide) groups is 1. The van der Waals surface area contributed by atoms with Gasteiger partial charge in [0, 0.05) is 9.92 Å². The molecule has 0 saturated carbocycles. The summed E-state index contributed by atoms with van der Waals surface area (Å²) in [5.74, 6) is -0.381. The van der Waals surface area contributed by atoms with E-state index in [9.17, 15) is 4.79 Å². The van der Waals surface area contributed by atoms with Gasteiger partial charge >= 0.3 is 0 Å². The molecule has 0 saturated heterocycles. The Morgan fingerprint density at radius 1 is 1.19 bits per heavy atom. The van der Waals surface area contributed by atoms with E-state index in [1.165, 1.54) is 11.0 Å². The summed E-state index contributed by atoms with van der Waals surface area (Å²) < 4.78 is 0. The molecule has 0 aliphatic rings. The predicted octanol–water partition coefficient (Wildman–Crippen LogP) is 4.48. The third-order valence-corrected chi connectivity index (χ3v) is 3.96. The fraction of sp³-hybridized carbons (Fsp3) is 0.0667. The van der Waals surface area contributed by atoms with Crippen molar-refractivity contribution in [1.82, 2.24) is 5.43 Å². The number of halogens is 2. The molecule has 0 aliphatic heterocycles. The van der Waals surface area contributed by atoms with E-state index in [-0.39, 0.29) is 5.91 Å². The van der Waals surface area contributed by atoms with Gasteiger partial charge in [0.25, 0.3) is 5.91 Å². The smallest absolute Gasteiger partial charge is 0.267 e. The standard InChI is InChI=1S/C15H12Cl2N2OS/c1-21-12-5-2-10(3-6-12)9-18-19-15(20)13-7-4-11(16)8-14(13)17/h2-9H,1H3,(H,19,20)/b18-9-. The summed E-state index contributed by atoms with van der Waals surface area (Å²) in [7, 11) is 0. The van der Waals surface area contributed by atoms with Crippen molar-refractivity contribution in [2.45, 2.75) is 4.90 Å². The molecule has 0 unspecified atom stereocenters. The van der Waals surface area contributed by atoms with Crippen molar-refractivity contribution in [3.63, 3.8) is 0 Å². The van der Waals surface area contributed by atoms with E-state index >= 15 is 0 Å². The van der Waals surface area contributed by atoms with Crippen molar-refractivity contribution in [3.05, 3.63) is 63.6 Å². The van der Waals surface area contributed by atoms with Crippen LogP contribution < -0.4 is 5.43 Å². The SMILES string of the molecule is CSc1ccc(/C=N\NC(=O)c2ccc(Cl)cc2Cl)cc1. The summed E-state index contributed by atoms with van der Waals surface area (Å²) in [5, 5.41) is 4.69.